The first-order valence-corrected chi connectivity index (χ1v) is 7.02. The van der Waals surface area contributed by atoms with Crippen molar-refractivity contribution < 1.29 is 19.1 Å². The number of carbonyl (C=O) groups is 1. The third-order valence-electron chi connectivity index (χ3n) is 3.78. The molecule has 1 atom stereocenters. The summed E-state index contributed by atoms with van der Waals surface area (Å²) in [5.41, 5.74) is -0.700. The maximum absolute atomic E-state index is 11.5. The van der Waals surface area contributed by atoms with E-state index in [1.165, 1.54) is 7.11 Å². The summed E-state index contributed by atoms with van der Waals surface area (Å²) in [5, 5.41) is 12.1. The smallest absolute Gasteiger partial charge is 0.405 e. The second-order valence-corrected chi connectivity index (χ2v) is 6.12. The van der Waals surface area contributed by atoms with Gasteiger partial charge in [0.05, 0.1) is 7.11 Å². The molecule has 0 spiro atoms. The van der Waals surface area contributed by atoms with Crippen LogP contribution >= 0.6 is 0 Å². The molecule has 22 heavy (non-hydrogen) atoms. The summed E-state index contributed by atoms with van der Waals surface area (Å²) in [6.07, 6.45) is -1.12. The van der Waals surface area contributed by atoms with Crippen LogP contribution < -0.4 is 10.1 Å². The van der Waals surface area contributed by atoms with Gasteiger partial charge < -0.3 is 19.6 Å². The average Bonchev–Trinajstić information content (AvgIpc) is 2.93. The van der Waals surface area contributed by atoms with Crippen molar-refractivity contribution in [3.05, 3.63) is 53.8 Å². The van der Waals surface area contributed by atoms with E-state index in [0.717, 1.165) is 5.56 Å². The fraction of sp³-hybridized carbons (Fsp3) is 0.353. The fourth-order valence-corrected chi connectivity index (χ4v) is 2.75. The van der Waals surface area contributed by atoms with Gasteiger partial charge in [-0.05, 0) is 17.0 Å². The molecule has 1 aromatic carbocycles. The summed E-state index contributed by atoms with van der Waals surface area (Å²) in [6.45, 7) is 5.89. The number of hydrogen-bond acceptors (Lipinski definition) is 3. The molecule has 5 heteroatoms. The monoisotopic (exact) mass is 303 g/mol. The Kier molecular flexibility index (Phi) is 4.17. The van der Waals surface area contributed by atoms with Crippen LogP contribution in [0.25, 0.3) is 0 Å². The summed E-state index contributed by atoms with van der Waals surface area (Å²) in [7, 11) is 1.51. The van der Waals surface area contributed by atoms with Gasteiger partial charge in [-0.2, -0.15) is 0 Å². The summed E-state index contributed by atoms with van der Waals surface area (Å²) < 4.78 is 10.8. The second kappa shape index (κ2) is 5.75. The lowest BCUT2D eigenvalue weighted by molar-refractivity contribution is 0.122. The molecule has 2 aromatic rings. The molecule has 0 radical (unpaired) electrons. The lowest BCUT2D eigenvalue weighted by Crippen LogP contribution is -2.54. The summed E-state index contributed by atoms with van der Waals surface area (Å²) in [4.78, 5) is 11.5. The van der Waals surface area contributed by atoms with Crippen LogP contribution in [-0.2, 0) is 5.54 Å². The Labute approximate surface area is 129 Å². The number of nitrogens with one attached hydrogen (secondary N) is 1. The highest BCUT2D eigenvalue weighted by Gasteiger charge is 2.49. The molecule has 0 saturated carbocycles. The van der Waals surface area contributed by atoms with Crippen molar-refractivity contribution in [3.63, 3.8) is 0 Å². The van der Waals surface area contributed by atoms with E-state index in [4.69, 9.17) is 9.15 Å². The summed E-state index contributed by atoms with van der Waals surface area (Å²) >= 11 is 0. The first-order chi connectivity index (χ1) is 10.3. The van der Waals surface area contributed by atoms with Gasteiger partial charge in [-0.15, -0.1) is 0 Å². The fourth-order valence-electron chi connectivity index (χ4n) is 2.75. The van der Waals surface area contributed by atoms with Crippen LogP contribution in [0, 0.1) is 5.41 Å². The van der Waals surface area contributed by atoms with Gasteiger partial charge in [0.2, 0.25) is 0 Å². The van der Waals surface area contributed by atoms with Crippen molar-refractivity contribution in [2.24, 2.45) is 5.41 Å². The van der Waals surface area contributed by atoms with Gasteiger partial charge in [-0.25, -0.2) is 4.79 Å². The molecular weight excluding hydrogens is 282 g/mol. The molecule has 1 amide bonds. The molecule has 2 N–H and O–H groups in total. The molecule has 0 saturated heterocycles. The zero-order valence-electron chi connectivity index (χ0n) is 13.2. The van der Waals surface area contributed by atoms with Crippen LogP contribution in [-0.4, -0.2) is 18.3 Å². The van der Waals surface area contributed by atoms with E-state index in [0.29, 0.717) is 11.7 Å². The van der Waals surface area contributed by atoms with Crippen LogP contribution in [0.2, 0.25) is 0 Å². The Morgan fingerprint density at radius 2 is 1.77 bits per heavy atom. The van der Waals surface area contributed by atoms with Gasteiger partial charge in [0.15, 0.2) is 0 Å². The third-order valence-corrected chi connectivity index (χ3v) is 3.78. The number of carboxylic acid groups (broad SMARTS) is 1. The van der Waals surface area contributed by atoms with Crippen LogP contribution in [0.15, 0.2) is 46.9 Å². The zero-order valence-corrected chi connectivity index (χ0v) is 13.2. The van der Waals surface area contributed by atoms with E-state index in [1.807, 2.05) is 51.1 Å². The first kappa shape index (κ1) is 15.9. The van der Waals surface area contributed by atoms with Gasteiger partial charge in [0.1, 0.15) is 11.3 Å². The standard InChI is InChI=1S/C17H21NO4/c1-16(2,3)17(18-15(19)20,12-8-6-5-7-9-12)13-10-11-14(21-4)22-13/h5-11,18H,1-4H3,(H,19,20). The molecule has 1 aromatic heterocycles. The minimum Gasteiger partial charge on any atom is -0.468 e. The van der Waals surface area contributed by atoms with Gasteiger partial charge in [0, 0.05) is 6.07 Å². The quantitative estimate of drug-likeness (QED) is 0.900. The lowest BCUT2D eigenvalue weighted by atomic mass is 9.68. The predicted molar refractivity (Wildman–Crippen MR) is 83.1 cm³/mol. The Balaban J connectivity index is 2.72. The number of rotatable bonds is 4. The zero-order chi connectivity index (χ0) is 16.4. The van der Waals surface area contributed by atoms with Crippen LogP contribution in [0.3, 0.4) is 0 Å². The van der Waals surface area contributed by atoms with Crippen molar-refractivity contribution in [1.82, 2.24) is 5.32 Å². The number of benzene rings is 1. The van der Waals surface area contributed by atoms with Gasteiger partial charge >= 0.3 is 6.09 Å². The largest absolute Gasteiger partial charge is 0.468 e. The number of methoxy groups -OCH3 is 1. The highest BCUT2D eigenvalue weighted by atomic mass is 16.6. The minimum absolute atomic E-state index is 0.340. The van der Waals surface area contributed by atoms with E-state index in [9.17, 15) is 9.90 Å². The maximum Gasteiger partial charge on any atom is 0.405 e. The van der Waals surface area contributed by atoms with Crippen molar-refractivity contribution in [2.75, 3.05) is 7.11 Å². The topological polar surface area (TPSA) is 71.7 Å². The molecule has 0 fully saturated rings. The number of ether oxygens (including phenoxy) is 1. The molecule has 2 rings (SSSR count). The number of amides is 1. The molecule has 1 unspecified atom stereocenters. The molecule has 0 aliphatic rings. The Morgan fingerprint density at radius 1 is 1.14 bits per heavy atom. The predicted octanol–water partition coefficient (Wildman–Crippen LogP) is 3.85. The van der Waals surface area contributed by atoms with Gasteiger partial charge in [-0.3, -0.25) is 0 Å². The van der Waals surface area contributed by atoms with Gasteiger partial charge in [-0.1, -0.05) is 51.1 Å². The van der Waals surface area contributed by atoms with Crippen molar-refractivity contribution in [3.8, 4) is 5.95 Å². The van der Waals surface area contributed by atoms with Crippen LogP contribution in [0.4, 0.5) is 4.79 Å². The normalized spacial score (nSPS) is 14.2. The average molecular weight is 303 g/mol. The Morgan fingerprint density at radius 3 is 2.23 bits per heavy atom. The van der Waals surface area contributed by atoms with Crippen molar-refractivity contribution in [1.29, 1.82) is 0 Å². The molecule has 118 valence electrons. The van der Waals surface area contributed by atoms with Crippen LogP contribution in [0.5, 0.6) is 5.95 Å². The Bertz CT molecular complexity index is 642. The second-order valence-electron chi connectivity index (χ2n) is 6.12. The van der Waals surface area contributed by atoms with Crippen molar-refractivity contribution in [2.45, 2.75) is 26.3 Å². The molecule has 0 aliphatic carbocycles. The Hall–Kier alpha value is -2.43. The van der Waals surface area contributed by atoms with Crippen LogP contribution in [0.1, 0.15) is 32.1 Å². The van der Waals surface area contributed by atoms with Gasteiger partial charge in [0.25, 0.3) is 5.95 Å². The number of furan rings is 1. The SMILES string of the molecule is COc1ccc(C(NC(=O)O)(c2ccccc2)C(C)(C)C)o1. The summed E-state index contributed by atoms with van der Waals surface area (Å²) in [5.74, 6) is 0.831. The molecule has 1 heterocycles. The maximum atomic E-state index is 11.5. The van der Waals surface area contributed by atoms with E-state index in [1.54, 1.807) is 12.1 Å². The van der Waals surface area contributed by atoms with E-state index in [-0.39, 0.29) is 0 Å². The summed E-state index contributed by atoms with van der Waals surface area (Å²) in [6, 6.07) is 12.8. The highest BCUT2D eigenvalue weighted by molar-refractivity contribution is 5.67. The first-order valence-electron chi connectivity index (χ1n) is 7.02. The van der Waals surface area contributed by atoms with E-state index < -0.39 is 17.0 Å². The molecular formula is C17H21NO4. The van der Waals surface area contributed by atoms with E-state index in [2.05, 4.69) is 5.32 Å². The van der Waals surface area contributed by atoms with E-state index >= 15 is 0 Å². The molecule has 0 bridgehead atoms. The lowest BCUT2D eigenvalue weighted by Gasteiger charge is -2.43. The molecule has 5 nitrogen and oxygen atoms in total. The van der Waals surface area contributed by atoms with Crippen molar-refractivity contribution >= 4 is 6.09 Å². The molecule has 0 aliphatic heterocycles. The third kappa shape index (κ3) is 2.66. The number of hydrogen-bond donors (Lipinski definition) is 2. The minimum atomic E-state index is -1.12. The highest BCUT2D eigenvalue weighted by Crippen LogP contribution is 2.46.